The maximum Gasteiger partial charge on any atom is 0.0951 e. The van der Waals surface area contributed by atoms with Crippen molar-refractivity contribution in [1.29, 1.82) is 0 Å². The van der Waals surface area contributed by atoms with Crippen molar-refractivity contribution in [3.8, 4) is 0 Å². The molecule has 1 saturated heterocycles. The van der Waals surface area contributed by atoms with Crippen LogP contribution in [0.1, 0.15) is 43.8 Å². The Kier molecular flexibility index (Phi) is 3.66. The van der Waals surface area contributed by atoms with E-state index in [1.165, 1.54) is 50.9 Å². The normalized spacial score (nSPS) is 25.5. The maximum absolute atomic E-state index is 5.68. The van der Waals surface area contributed by atoms with Crippen LogP contribution in [-0.2, 0) is 6.54 Å². The van der Waals surface area contributed by atoms with Crippen molar-refractivity contribution in [2.24, 2.45) is 11.7 Å². The van der Waals surface area contributed by atoms with Gasteiger partial charge < -0.3 is 10.3 Å². The van der Waals surface area contributed by atoms with E-state index in [-0.39, 0.29) is 0 Å². The van der Waals surface area contributed by atoms with Gasteiger partial charge in [0.15, 0.2) is 0 Å². The molecule has 100 valence electrons. The van der Waals surface area contributed by atoms with Crippen molar-refractivity contribution in [1.82, 2.24) is 14.5 Å². The first-order valence-electron chi connectivity index (χ1n) is 7.30. The maximum atomic E-state index is 5.68. The van der Waals surface area contributed by atoms with Crippen LogP contribution in [0.5, 0.6) is 0 Å². The Labute approximate surface area is 109 Å². The molecule has 0 radical (unpaired) electrons. The number of nitrogens with zero attached hydrogens (tertiary/aromatic N) is 3. The highest BCUT2D eigenvalue weighted by molar-refractivity contribution is 5.03. The van der Waals surface area contributed by atoms with Crippen molar-refractivity contribution >= 4 is 0 Å². The molecule has 3 rings (SSSR count). The SMILES string of the molecule is NCCC1CCCN(Cc2cncn2C2CC2)C1. The molecular formula is C14H24N4. The molecule has 4 heteroatoms. The van der Waals surface area contributed by atoms with Gasteiger partial charge in [-0.1, -0.05) is 0 Å². The average molecular weight is 248 g/mol. The molecule has 0 bridgehead atoms. The van der Waals surface area contributed by atoms with Crippen LogP contribution >= 0.6 is 0 Å². The molecule has 1 atom stereocenters. The van der Waals surface area contributed by atoms with E-state index in [0.717, 1.165) is 25.0 Å². The summed E-state index contributed by atoms with van der Waals surface area (Å²) >= 11 is 0. The van der Waals surface area contributed by atoms with Gasteiger partial charge in [-0.25, -0.2) is 4.98 Å². The van der Waals surface area contributed by atoms with Gasteiger partial charge in [0, 0.05) is 25.3 Å². The predicted molar refractivity (Wildman–Crippen MR) is 72.2 cm³/mol. The summed E-state index contributed by atoms with van der Waals surface area (Å²) in [5.41, 5.74) is 7.07. The van der Waals surface area contributed by atoms with E-state index in [1.807, 2.05) is 12.5 Å². The zero-order valence-electron chi connectivity index (χ0n) is 11.1. The lowest BCUT2D eigenvalue weighted by Gasteiger charge is -2.32. The summed E-state index contributed by atoms with van der Waals surface area (Å²) in [4.78, 5) is 6.90. The number of piperidine rings is 1. The monoisotopic (exact) mass is 248 g/mol. The first-order valence-corrected chi connectivity index (χ1v) is 7.30. The van der Waals surface area contributed by atoms with Crippen molar-refractivity contribution in [2.45, 2.75) is 44.7 Å². The largest absolute Gasteiger partial charge is 0.330 e. The quantitative estimate of drug-likeness (QED) is 0.864. The van der Waals surface area contributed by atoms with Gasteiger partial charge in [-0.3, -0.25) is 4.90 Å². The van der Waals surface area contributed by atoms with Crippen LogP contribution in [0.15, 0.2) is 12.5 Å². The number of aromatic nitrogens is 2. The lowest BCUT2D eigenvalue weighted by molar-refractivity contribution is 0.160. The lowest BCUT2D eigenvalue weighted by Crippen LogP contribution is -2.36. The molecule has 0 amide bonds. The third kappa shape index (κ3) is 2.75. The summed E-state index contributed by atoms with van der Waals surface area (Å²) in [6, 6.07) is 0.743. The van der Waals surface area contributed by atoms with Crippen molar-refractivity contribution in [2.75, 3.05) is 19.6 Å². The summed E-state index contributed by atoms with van der Waals surface area (Å²) in [6.45, 7) is 4.35. The Bertz CT molecular complexity index is 381. The number of nitrogens with two attached hydrogens (primary N) is 1. The molecule has 1 aliphatic carbocycles. The fourth-order valence-electron chi connectivity index (χ4n) is 3.13. The third-order valence-electron chi connectivity index (χ3n) is 4.25. The molecule has 4 nitrogen and oxygen atoms in total. The summed E-state index contributed by atoms with van der Waals surface area (Å²) in [5, 5.41) is 0. The molecule has 1 aliphatic heterocycles. The fourth-order valence-corrected chi connectivity index (χ4v) is 3.13. The van der Waals surface area contributed by atoms with Crippen LogP contribution in [0.3, 0.4) is 0 Å². The first kappa shape index (κ1) is 12.2. The third-order valence-corrected chi connectivity index (χ3v) is 4.25. The van der Waals surface area contributed by atoms with E-state index >= 15 is 0 Å². The second-order valence-corrected chi connectivity index (χ2v) is 5.84. The fraction of sp³-hybridized carbons (Fsp3) is 0.786. The smallest absolute Gasteiger partial charge is 0.0951 e. The first-order chi connectivity index (χ1) is 8.86. The molecule has 2 heterocycles. The molecule has 1 saturated carbocycles. The summed E-state index contributed by atoms with van der Waals surface area (Å²) in [6.07, 6.45) is 10.6. The molecule has 2 fully saturated rings. The highest BCUT2D eigenvalue weighted by atomic mass is 15.2. The zero-order valence-corrected chi connectivity index (χ0v) is 11.1. The number of imidazole rings is 1. The molecule has 1 aromatic heterocycles. The molecule has 0 aromatic carbocycles. The van der Waals surface area contributed by atoms with Gasteiger partial charge in [0.25, 0.3) is 0 Å². The van der Waals surface area contributed by atoms with Gasteiger partial charge in [0.1, 0.15) is 0 Å². The molecule has 1 aromatic rings. The van der Waals surface area contributed by atoms with Gasteiger partial charge in [-0.15, -0.1) is 0 Å². The highest BCUT2D eigenvalue weighted by Gasteiger charge is 2.26. The minimum absolute atomic E-state index is 0.743. The zero-order chi connectivity index (χ0) is 12.4. The van der Waals surface area contributed by atoms with Crippen molar-refractivity contribution in [3.63, 3.8) is 0 Å². The molecular weight excluding hydrogens is 224 g/mol. The standard InChI is InChI=1S/C14H24N4/c15-6-5-12-2-1-7-17(9-12)10-14-8-16-11-18(14)13-3-4-13/h8,11-13H,1-7,9-10,15H2. The molecule has 0 spiro atoms. The Morgan fingerprint density at radius 1 is 1.33 bits per heavy atom. The van der Waals surface area contributed by atoms with E-state index in [9.17, 15) is 0 Å². The predicted octanol–water partition coefficient (Wildman–Crippen LogP) is 1.78. The van der Waals surface area contributed by atoms with Gasteiger partial charge in [0.05, 0.1) is 12.0 Å². The van der Waals surface area contributed by atoms with E-state index in [0.29, 0.717) is 0 Å². The van der Waals surface area contributed by atoms with Gasteiger partial charge in [-0.05, 0) is 51.1 Å². The van der Waals surface area contributed by atoms with Crippen molar-refractivity contribution in [3.05, 3.63) is 18.2 Å². The van der Waals surface area contributed by atoms with Gasteiger partial charge in [-0.2, -0.15) is 0 Å². The Morgan fingerprint density at radius 2 is 2.22 bits per heavy atom. The minimum Gasteiger partial charge on any atom is -0.330 e. The van der Waals surface area contributed by atoms with Crippen molar-refractivity contribution < 1.29 is 0 Å². The number of likely N-dealkylation sites (tertiary alicyclic amines) is 1. The average Bonchev–Trinajstić information content (AvgIpc) is 3.12. The Hall–Kier alpha value is -0.870. The van der Waals surface area contributed by atoms with Crippen LogP contribution in [0.4, 0.5) is 0 Å². The van der Waals surface area contributed by atoms with E-state index in [1.54, 1.807) is 0 Å². The van der Waals surface area contributed by atoms with Crippen LogP contribution < -0.4 is 5.73 Å². The Morgan fingerprint density at radius 3 is 3.00 bits per heavy atom. The highest BCUT2D eigenvalue weighted by Crippen LogP contribution is 2.36. The number of hydrogen-bond donors (Lipinski definition) is 1. The summed E-state index contributed by atoms with van der Waals surface area (Å²) < 4.78 is 2.38. The number of hydrogen-bond acceptors (Lipinski definition) is 3. The van der Waals surface area contributed by atoms with Crippen LogP contribution in [0.25, 0.3) is 0 Å². The second kappa shape index (κ2) is 5.41. The number of rotatable bonds is 5. The van der Waals surface area contributed by atoms with Gasteiger partial charge in [0.2, 0.25) is 0 Å². The Balaban J connectivity index is 1.59. The minimum atomic E-state index is 0.743. The molecule has 2 aliphatic rings. The van der Waals surface area contributed by atoms with Crippen LogP contribution in [0.2, 0.25) is 0 Å². The van der Waals surface area contributed by atoms with Crippen LogP contribution in [-0.4, -0.2) is 34.1 Å². The van der Waals surface area contributed by atoms with Gasteiger partial charge >= 0.3 is 0 Å². The van der Waals surface area contributed by atoms with E-state index in [2.05, 4.69) is 14.5 Å². The summed E-state index contributed by atoms with van der Waals surface area (Å²) in [7, 11) is 0. The second-order valence-electron chi connectivity index (χ2n) is 5.84. The topological polar surface area (TPSA) is 47.1 Å². The summed E-state index contributed by atoms with van der Waals surface area (Å²) in [5.74, 6) is 0.807. The molecule has 2 N–H and O–H groups in total. The lowest BCUT2D eigenvalue weighted by atomic mass is 9.95. The van der Waals surface area contributed by atoms with E-state index < -0.39 is 0 Å². The van der Waals surface area contributed by atoms with Crippen LogP contribution in [0, 0.1) is 5.92 Å². The van der Waals surface area contributed by atoms with E-state index in [4.69, 9.17) is 5.73 Å². The molecule has 18 heavy (non-hydrogen) atoms. The molecule has 1 unspecified atom stereocenters.